The summed E-state index contributed by atoms with van der Waals surface area (Å²) in [5.41, 5.74) is 4.51. The average Bonchev–Trinajstić information content (AvgIpc) is 3.30. The summed E-state index contributed by atoms with van der Waals surface area (Å²) in [4.78, 5) is 5.54. The van der Waals surface area contributed by atoms with E-state index in [-0.39, 0.29) is 0 Å². The van der Waals surface area contributed by atoms with Gasteiger partial charge in [0.05, 0.1) is 0 Å². The molecule has 166 valence electrons. The van der Waals surface area contributed by atoms with Gasteiger partial charge < -0.3 is 4.90 Å². The van der Waals surface area contributed by atoms with Crippen LogP contribution in [-0.4, -0.2) is 48.6 Å². The minimum Gasteiger partial charge on any atom is -0.301 e. The van der Waals surface area contributed by atoms with Crippen molar-refractivity contribution in [1.82, 2.24) is 9.80 Å². The van der Waals surface area contributed by atoms with Gasteiger partial charge in [0.2, 0.25) is 0 Å². The highest BCUT2D eigenvalue weighted by Crippen LogP contribution is 2.35. The van der Waals surface area contributed by atoms with Crippen molar-refractivity contribution in [2.75, 3.05) is 32.7 Å². The minimum absolute atomic E-state index is 0.626. The first-order valence-electron chi connectivity index (χ1n) is 12.5. The van der Waals surface area contributed by atoms with Gasteiger partial charge in [-0.15, -0.1) is 0 Å². The van der Waals surface area contributed by atoms with Crippen LogP contribution >= 0.6 is 0 Å². The Bertz CT molecular complexity index is 932. The van der Waals surface area contributed by atoms with Crippen molar-refractivity contribution in [3.8, 4) is 0 Å². The molecule has 3 aromatic carbocycles. The first kappa shape index (κ1) is 21.4. The molecule has 0 unspecified atom stereocenters. The molecule has 0 saturated carbocycles. The van der Waals surface area contributed by atoms with Gasteiger partial charge in [0.15, 0.2) is 0 Å². The molecular formula is C30H36N2. The number of aryl methyl sites for hydroxylation is 1. The highest BCUT2D eigenvalue weighted by Gasteiger charge is 2.38. The lowest BCUT2D eigenvalue weighted by molar-refractivity contribution is 0.143. The monoisotopic (exact) mass is 424 g/mol. The van der Waals surface area contributed by atoms with Crippen molar-refractivity contribution >= 4 is 0 Å². The Morgan fingerprint density at radius 1 is 0.656 bits per heavy atom. The molecule has 2 heterocycles. The highest BCUT2D eigenvalue weighted by molar-refractivity contribution is 5.25. The second kappa shape index (κ2) is 10.5. The van der Waals surface area contributed by atoms with Crippen LogP contribution in [0, 0.1) is 0 Å². The zero-order valence-electron chi connectivity index (χ0n) is 19.2. The van der Waals surface area contributed by atoms with Crippen LogP contribution in [-0.2, 0) is 6.42 Å². The van der Waals surface area contributed by atoms with Crippen LogP contribution in [0.15, 0.2) is 91.0 Å². The first-order valence-corrected chi connectivity index (χ1v) is 12.5. The smallest absolute Gasteiger partial charge is 0.0304 e. The number of piperidine rings is 1. The van der Waals surface area contributed by atoms with E-state index in [1.54, 1.807) is 0 Å². The fraction of sp³-hybridized carbons (Fsp3) is 0.400. The van der Waals surface area contributed by atoms with Crippen LogP contribution in [0.2, 0.25) is 0 Å². The number of hydrogen-bond donors (Lipinski definition) is 0. The van der Waals surface area contributed by atoms with Gasteiger partial charge in [-0.1, -0.05) is 91.0 Å². The summed E-state index contributed by atoms with van der Waals surface area (Å²) >= 11 is 0. The maximum absolute atomic E-state index is 2.81. The Balaban J connectivity index is 1.22. The molecule has 0 aliphatic carbocycles. The molecule has 0 radical (unpaired) electrons. The molecule has 2 nitrogen and oxygen atoms in total. The van der Waals surface area contributed by atoms with Gasteiger partial charge in [0, 0.05) is 25.0 Å². The maximum Gasteiger partial charge on any atom is 0.0304 e. The third kappa shape index (κ3) is 5.14. The van der Waals surface area contributed by atoms with Gasteiger partial charge in [-0.25, -0.2) is 0 Å². The lowest BCUT2D eigenvalue weighted by Gasteiger charge is -2.38. The van der Waals surface area contributed by atoms with E-state index in [1.807, 2.05) is 0 Å². The quantitative estimate of drug-likeness (QED) is 0.461. The van der Waals surface area contributed by atoms with E-state index < -0.39 is 0 Å². The van der Waals surface area contributed by atoms with Crippen LogP contribution in [0.25, 0.3) is 0 Å². The molecule has 0 bridgehead atoms. The fourth-order valence-electron chi connectivity index (χ4n) is 5.89. The number of hydrogen-bond acceptors (Lipinski definition) is 2. The second-order valence-electron chi connectivity index (χ2n) is 9.65. The zero-order valence-corrected chi connectivity index (χ0v) is 19.2. The Morgan fingerprint density at radius 2 is 1.25 bits per heavy atom. The molecule has 5 rings (SSSR count). The largest absolute Gasteiger partial charge is 0.301 e. The van der Waals surface area contributed by atoms with Crippen molar-refractivity contribution in [1.29, 1.82) is 0 Å². The molecular weight excluding hydrogens is 388 g/mol. The molecule has 2 aliphatic rings. The third-order valence-corrected chi connectivity index (χ3v) is 7.64. The Labute approximate surface area is 193 Å². The minimum atomic E-state index is 0.626. The molecule has 2 heteroatoms. The van der Waals surface area contributed by atoms with E-state index in [1.165, 1.54) is 75.1 Å². The van der Waals surface area contributed by atoms with Crippen LogP contribution in [0.3, 0.4) is 0 Å². The van der Waals surface area contributed by atoms with Crippen LogP contribution in [0.5, 0.6) is 0 Å². The molecule has 2 fully saturated rings. The van der Waals surface area contributed by atoms with Gasteiger partial charge in [0.1, 0.15) is 0 Å². The lowest BCUT2D eigenvalue weighted by atomic mass is 9.87. The van der Waals surface area contributed by atoms with E-state index in [0.29, 0.717) is 12.0 Å². The SMILES string of the molecule is c1ccc(CCCN2C[C@H](c3ccccc3)[C@@H](N3CCC(c4ccccc4)CC3)C2)cc1. The number of nitrogens with zero attached hydrogens (tertiary/aromatic N) is 2. The van der Waals surface area contributed by atoms with E-state index in [2.05, 4.69) is 101 Å². The molecule has 0 spiro atoms. The average molecular weight is 425 g/mol. The van der Waals surface area contributed by atoms with Gasteiger partial charge in [-0.05, 0) is 67.9 Å². The maximum atomic E-state index is 2.81. The normalized spacial score (nSPS) is 22.9. The summed E-state index contributed by atoms with van der Waals surface area (Å²) in [6, 6.07) is 34.0. The number of benzene rings is 3. The van der Waals surface area contributed by atoms with Crippen LogP contribution < -0.4 is 0 Å². The topological polar surface area (TPSA) is 6.48 Å². The molecule has 0 aromatic heterocycles. The van der Waals surface area contributed by atoms with Crippen molar-refractivity contribution in [3.63, 3.8) is 0 Å². The highest BCUT2D eigenvalue weighted by atomic mass is 15.3. The Morgan fingerprint density at radius 3 is 1.91 bits per heavy atom. The van der Waals surface area contributed by atoms with Gasteiger partial charge >= 0.3 is 0 Å². The van der Waals surface area contributed by atoms with Crippen molar-refractivity contribution in [2.24, 2.45) is 0 Å². The molecule has 0 N–H and O–H groups in total. The molecule has 2 saturated heterocycles. The fourth-order valence-corrected chi connectivity index (χ4v) is 5.89. The van der Waals surface area contributed by atoms with Gasteiger partial charge in [-0.3, -0.25) is 4.90 Å². The molecule has 32 heavy (non-hydrogen) atoms. The summed E-state index contributed by atoms with van der Waals surface area (Å²) < 4.78 is 0. The van der Waals surface area contributed by atoms with Gasteiger partial charge in [-0.2, -0.15) is 0 Å². The molecule has 0 amide bonds. The van der Waals surface area contributed by atoms with Crippen LogP contribution in [0.4, 0.5) is 0 Å². The van der Waals surface area contributed by atoms with E-state index in [4.69, 9.17) is 0 Å². The van der Waals surface area contributed by atoms with Crippen LogP contribution in [0.1, 0.15) is 47.8 Å². The number of likely N-dealkylation sites (tertiary alicyclic amines) is 2. The Hall–Kier alpha value is -2.42. The van der Waals surface area contributed by atoms with Gasteiger partial charge in [0.25, 0.3) is 0 Å². The van der Waals surface area contributed by atoms with E-state index in [9.17, 15) is 0 Å². The zero-order chi connectivity index (χ0) is 21.6. The van der Waals surface area contributed by atoms with Crippen molar-refractivity contribution in [2.45, 2.75) is 43.6 Å². The number of rotatable bonds is 7. The molecule has 3 aromatic rings. The predicted octanol–water partition coefficient (Wildman–Crippen LogP) is 5.97. The summed E-state index contributed by atoms with van der Waals surface area (Å²) in [7, 11) is 0. The van der Waals surface area contributed by atoms with E-state index in [0.717, 1.165) is 5.92 Å². The lowest BCUT2D eigenvalue weighted by Crippen LogP contribution is -2.44. The van der Waals surface area contributed by atoms with E-state index >= 15 is 0 Å². The summed E-state index contributed by atoms with van der Waals surface area (Å²) in [6.45, 7) is 6.07. The van der Waals surface area contributed by atoms with Crippen molar-refractivity contribution < 1.29 is 0 Å². The third-order valence-electron chi connectivity index (χ3n) is 7.64. The first-order chi connectivity index (χ1) is 15.9. The summed E-state index contributed by atoms with van der Waals surface area (Å²) in [5, 5.41) is 0. The van der Waals surface area contributed by atoms with Crippen molar-refractivity contribution in [3.05, 3.63) is 108 Å². The molecule has 2 aliphatic heterocycles. The Kier molecular flexibility index (Phi) is 7.01. The summed E-state index contributed by atoms with van der Waals surface area (Å²) in [5.74, 6) is 1.35. The predicted molar refractivity (Wildman–Crippen MR) is 134 cm³/mol. The standard InChI is InChI=1S/C30H36N2/c1-4-11-25(12-5-1)13-10-20-31-23-29(28-16-8-3-9-17-28)30(24-31)32-21-18-27(19-22-32)26-14-6-2-7-15-26/h1-9,11-12,14-17,27,29-30H,10,13,18-24H2/t29-,30+/m1/s1. The summed E-state index contributed by atoms with van der Waals surface area (Å²) in [6.07, 6.45) is 5.00. The molecule has 2 atom stereocenters. The second-order valence-corrected chi connectivity index (χ2v) is 9.65.